The lowest BCUT2D eigenvalue weighted by molar-refractivity contribution is -0.129. The minimum Gasteiger partial charge on any atom is -0.503 e. The fourth-order valence-corrected chi connectivity index (χ4v) is 4.46. The first-order valence-corrected chi connectivity index (χ1v) is 11.5. The van der Waals surface area contributed by atoms with Crippen molar-refractivity contribution >= 4 is 11.7 Å². The van der Waals surface area contributed by atoms with Crippen molar-refractivity contribution in [3.8, 4) is 0 Å². The van der Waals surface area contributed by atoms with E-state index >= 15 is 0 Å². The maximum atomic E-state index is 13.2. The molecule has 2 aliphatic rings. The van der Waals surface area contributed by atoms with Gasteiger partial charge in [-0.2, -0.15) is 0 Å². The lowest BCUT2D eigenvalue weighted by atomic mass is 9.85. The number of carbonyl (C=O) groups is 2. The highest BCUT2D eigenvalue weighted by molar-refractivity contribution is 6.15. The summed E-state index contributed by atoms with van der Waals surface area (Å²) in [6, 6.07) is 10.5. The van der Waals surface area contributed by atoms with E-state index in [1.165, 1.54) is 6.26 Å². The van der Waals surface area contributed by atoms with E-state index in [-0.39, 0.29) is 16.7 Å². The molecular weight excluding hydrogens is 420 g/mol. The third kappa shape index (κ3) is 4.89. The molecule has 1 aromatic carbocycles. The second-order valence-electron chi connectivity index (χ2n) is 9.65. The molecule has 1 fully saturated rings. The third-order valence-corrected chi connectivity index (χ3v) is 6.36. The fourth-order valence-electron chi connectivity index (χ4n) is 4.46. The zero-order valence-electron chi connectivity index (χ0n) is 19.5. The first-order valence-electron chi connectivity index (χ1n) is 11.5. The molecule has 0 saturated carbocycles. The van der Waals surface area contributed by atoms with Gasteiger partial charge in [-0.25, -0.2) is 0 Å². The van der Waals surface area contributed by atoms with Gasteiger partial charge in [0.05, 0.1) is 31.1 Å². The Kier molecular flexibility index (Phi) is 6.72. The number of benzene rings is 1. The Hall–Kier alpha value is -2.90. The number of furan rings is 1. The minimum absolute atomic E-state index is 0.0212. The van der Waals surface area contributed by atoms with Crippen LogP contribution in [0.1, 0.15) is 54.9 Å². The summed E-state index contributed by atoms with van der Waals surface area (Å²) in [6.45, 7) is 10.8. The van der Waals surface area contributed by atoms with Gasteiger partial charge in [0, 0.05) is 26.2 Å². The van der Waals surface area contributed by atoms with Crippen molar-refractivity contribution in [3.05, 3.63) is 70.9 Å². The van der Waals surface area contributed by atoms with Gasteiger partial charge in [0.2, 0.25) is 5.78 Å². The number of nitrogens with zero attached hydrogens (tertiary/aromatic N) is 2. The molecule has 2 aliphatic heterocycles. The van der Waals surface area contributed by atoms with Crippen LogP contribution in [0, 0.1) is 0 Å². The Bertz CT molecular complexity index is 1010. The van der Waals surface area contributed by atoms with Gasteiger partial charge in [0.15, 0.2) is 11.5 Å². The van der Waals surface area contributed by atoms with Crippen LogP contribution in [0.25, 0.3) is 0 Å². The highest BCUT2D eigenvalue weighted by atomic mass is 16.5. The maximum Gasteiger partial charge on any atom is 0.290 e. The molecule has 7 nitrogen and oxygen atoms in total. The summed E-state index contributed by atoms with van der Waals surface area (Å²) in [4.78, 5) is 30.2. The van der Waals surface area contributed by atoms with Crippen molar-refractivity contribution in [2.75, 3.05) is 39.4 Å². The standard InChI is InChI=1S/C26H32N2O5/c1-26(2,3)19-9-7-18(8-10-19)22-21(23(29)20-6-4-15-33-20)24(30)25(31)28(22)12-5-11-27-13-16-32-17-14-27/h4,6-10,15,22,30H,5,11-14,16-17H2,1-3H3/t22-/m1/s1. The molecule has 3 heterocycles. The minimum atomic E-state index is -0.659. The second kappa shape index (κ2) is 9.53. The summed E-state index contributed by atoms with van der Waals surface area (Å²) in [5, 5.41) is 10.8. The maximum absolute atomic E-state index is 13.2. The van der Waals surface area contributed by atoms with Crippen LogP contribution >= 0.6 is 0 Å². The summed E-state index contributed by atoms with van der Waals surface area (Å²) >= 11 is 0. The number of aliphatic hydroxyl groups is 1. The Morgan fingerprint density at radius 2 is 1.79 bits per heavy atom. The molecule has 2 aromatic rings. The average molecular weight is 453 g/mol. The average Bonchev–Trinajstić information content (AvgIpc) is 3.42. The van der Waals surface area contributed by atoms with E-state index in [4.69, 9.17) is 9.15 Å². The van der Waals surface area contributed by atoms with Crippen molar-refractivity contribution in [3.63, 3.8) is 0 Å². The largest absolute Gasteiger partial charge is 0.503 e. The van der Waals surface area contributed by atoms with E-state index in [0.29, 0.717) is 6.54 Å². The number of amides is 1. The van der Waals surface area contributed by atoms with Gasteiger partial charge in [-0.05, 0) is 35.1 Å². The van der Waals surface area contributed by atoms with Crippen molar-refractivity contribution in [2.45, 2.75) is 38.6 Å². The Morgan fingerprint density at radius 1 is 1.09 bits per heavy atom. The number of morpholine rings is 1. The Balaban J connectivity index is 1.62. The van der Waals surface area contributed by atoms with Gasteiger partial charge in [0.25, 0.3) is 5.91 Å². The first kappa shape index (κ1) is 23.3. The monoisotopic (exact) mass is 452 g/mol. The van der Waals surface area contributed by atoms with E-state index in [9.17, 15) is 14.7 Å². The number of aliphatic hydroxyl groups excluding tert-OH is 1. The summed E-state index contributed by atoms with van der Waals surface area (Å²) in [7, 11) is 0. The van der Waals surface area contributed by atoms with E-state index in [0.717, 1.165) is 50.4 Å². The predicted octanol–water partition coefficient (Wildman–Crippen LogP) is 3.88. The number of rotatable bonds is 7. The molecule has 1 amide bonds. The van der Waals surface area contributed by atoms with E-state index in [1.54, 1.807) is 17.0 Å². The fraction of sp³-hybridized carbons (Fsp3) is 0.462. The molecule has 1 aromatic heterocycles. The molecule has 0 spiro atoms. The van der Waals surface area contributed by atoms with Crippen LogP contribution in [0.2, 0.25) is 0 Å². The Morgan fingerprint density at radius 3 is 2.39 bits per heavy atom. The van der Waals surface area contributed by atoms with E-state index in [1.807, 2.05) is 24.3 Å². The number of ether oxygens (including phenoxy) is 1. The van der Waals surface area contributed by atoms with Gasteiger partial charge in [-0.3, -0.25) is 14.5 Å². The van der Waals surface area contributed by atoms with Gasteiger partial charge in [0.1, 0.15) is 0 Å². The number of hydrogen-bond donors (Lipinski definition) is 1. The van der Waals surface area contributed by atoms with E-state index < -0.39 is 23.5 Å². The highest BCUT2D eigenvalue weighted by Gasteiger charge is 2.44. The smallest absolute Gasteiger partial charge is 0.290 e. The van der Waals surface area contributed by atoms with Gasteiger partial charge in [-0.1, -0.05) is 45.0 Å². The predicted molar refractivity (Wildman–Crippen MR) is 124 cm³/mol. The molecule has 0 aliphatic carbocycles. The number of Topliss-reactive ketones (excluding diaryl/α,β-unsaturated/α-hetero) is 1. The zero-order chi connectivity index (χ0) is 23.6. The quantitative estimate of drug-likeness (QED) is 0.642. The summed E-state index contributed by atoms with van der Waals surface area (Å²) in [5.74, 6) is -1.37. The van der Waals surface area contributed by atoms with Crippen LogP contribution in [-0.2, 0) is 14.9 Å². The van der Waals surface area contributed by atoms with Crippen LogP contribution in [-0.4, -0.2) is 66.0 Å². The van der Waals surface area contributed by atoms with Gasteiger partial charge < -0.3 is 19.2 Å². The lowest BCUT2D eigenvalue weighted by Gasteiger charge is -2.30. The summed E-state index contributed by atoms with van der Waals surface area (Å²) in [5.41, 5.74) is 2.00. The van der Waals surface area contributed by atoms with Crippen LogP contribution < -0.4 is 0 Å². The van der Waals surface area contributed by atoms with Crippen molar-refractivity contribution in [2.24, 2.45) is 0 Å². The van der Waals surface area contributed by atoms with Gasteiger partial charge in [-0.15, -0.1) is 0 Å². The number of hydrogen-bond acceptors (Lipinski definition) is 6. The SMILES string of the molecule is CC(C)(C)c1ccc([C@@H]2C(C(=O)c3ccco3)=C(O)C(=O)N2CCCN2CCOCC2)cc1. The molecule has 0 bridgehead atoms. The van der Waals surface area contributed by atoms with Crippen LogP contribution in [0.3, 0.4) is 0 Å². The molecular formula is C26H32N2O5. The Labute approximate surface area is 194 Å². The van der Waals surface area contributed by atoms with Crippen LogP contribution in [0.5, 0.6) is 0 Å². The third-order valence-electron chi connectivity index (χ3n) is 6.36. The molecule has 1 saturated heterocycles. The molecule has 0 unspecified atom stereocenters. The van der Waals surface area contributed by atoms with Crippen molar-refractivity contribution in [1.82, 2.24) is 9.80 Å². The normalized spacial score (nSPS) is 20.0. The molecule has 1 atom stereocenters. The molecule has 1 N–H and O–H groups in total. The first-order chi connectivity index (χ1) is 15.8. The number of ketones is 1. The molecule has 4 rings (SSSR count). The summed E-state index contributed by atoms with van der Waals surface area (Å²) < 4.78 is 10.7. The number of carbonyl (C=O) groups excluding carboxylic acids is 2. The van der Waals surface area contributed by atoms with Crippen LogP contribution in [0.4, 0.5) is 0 Å². The molecule has 0 radical (unpaired) electrons. The summed E-state index contributed by atoms with van der Waals surface area (Å²) in [6.07, 6.45) is 2.15. The molecule has 176 valence electrons. The topological polar surface area (TPSA) is 83.2 Å². The van der Waals surface area contributed by atoms with Gasteiger partial charge >= 0.3 is 0 Å². The van der Waals surface area contributed by atoms with E-state index in [2.05, 4.69) is 25.7 Å². The van der Waals surface area contributed by atoms with Crippen molar-refractivity contribution < 1.29 is 23.8 Å². The second-order valence-corrected chi connectivity index (χ2v) is 9.65. The van der Waals surface area contributed by atoms with Crippen LogP contribution in [0.15, 0.2) is 58.4 Å². The lowest BCUT2D eigenvalue weighted by Crippen LogP contribution is -2.39. The highest BCUT2D eigenvalue weighted by Crippen LogP contribution is 2.39. The molecule has 33 heavy (non-hydrogen) atoms. The van der Waals surface area contributed by atoms with Crippen molar-refractivity contribution in [1.29, 1.82) is 0 Å². The molecule has 7 heteroatoms. The zero-order valence-corrected chi connectivity index (χ0v) is 19.5.